The highest BCUT2D eigenvalue weighted by Crippen LogP contribution is 2.35. The molecule has 0 fully saturated rings. The maximum atomic E-state index is 12.9. The topological polar surface area (TPSA) is 97.2 Å². The first-order valence-corrected chi connectivity index (χ1v) is 12.1. The summed E-state index contributed by atoms with van der Waals surface area (Å²) in [6.07, 6.45) is 2.40. The first-order valence-electron chi connectivity index (χ1n) is 9.86. The summed E-state index contributed by atoms with van der Waals surface area (Å²) in [5.41, 5.74) is 8.63. The van der Waals surface area contributed by atoms with Gasteiger partial charge in [-0.1, -0.05) is 47.5 Å². The molecule has 0 saturated heterocycles. The number of nitrogens with one attached hydrogen (secondary N) is 2. The van der Waals surface area contributed by atoms with Gasteiger partial charge < -0.3 is 15.5 Å². The van der Waals surface area contributed by atoms with Gasteiger partial charge in [-0.2, -0.15) is 0 Å². The first-order chi connectivity index (χ1) is 15.4. The minimum Gasteiger partial charge on any atom is -0.489 e. The van der Waals surface area contributed by atoms with Crippen molar-refractivity contribution < 1.29 is 13.2 Å². The molecule has 166 valence electrons. The number of rotatable bonds is 8. The Morgan fingerprint density at radius 2 is 1.59 bits per heavy atom. The highest BCUT2D eigenvalue weighted by atomic mass is 35.5. The van der Waals surface area contributed by atoms with Crippen molar-refractivity contribution in [2.24, 2.45) is 5.73 Å². The number of halogens is 2. The number of hydrogen-bond acceptors (Lipinski definition) is 4. The molecule has 0 amide bonds. The lowest BCUT2D eigenvalue weighted by molar-refractivity contribution is 0.306. The van der Waals surface area contributed by atoms with Gasteiger partial charge in [0.05, 0.1) is 26.1 Å². The summed E-state index contributed by atoms with van der Waals surface area (Å²) in [5, 5.41) is 1.42. The second-order valence-electron chi connectivity index (χ2n) is 7.20. The van der Waals surface area contributed by atoms with Crippen LogP contribution in [-0.2, 0) is 23.1 Å². The third-order valence-corrected chi connectivity index (χ3v) is 6.97. The van der Waals surface area contributed by atoms with Gasteiger partial charge >= 0.3 is 0 Å². The molecule has 0 spiro atoms. The van der Waals surface area contributed by atoms with Crippen molar-refractivity contribution in [3.63, 3.8) is 0 Å². The van der Waals surface area contributed by atoms with Crippen molar-refractivity contribution in [2.75, 3.05) is 11.3 Å². The fourth-order valence-electron chi connectivity index (χ4n) is 3.31. The third-order valence-electron chi connectivity index (χ3n) is 4.98. The molecule has 0 aliphatic carbocycles. The zero-order valence-corrected chi connectivity index (χ0v) is 19.3. The lowest BCUT2D eigenvalue weighted by Crippen LogP contribution is -2.13. The molecule has 4 aromatic rings. The highest BCUT2D eigenvalue weighted by Gasteiger charge is 2.18. The van der Waals surface area contributed by atoms with Gasteiger partial charge in [0.2, 0.25) is 0 Å². The molecule has 1 heterocycles. The van der Waals surface area contributed by atoms with Crippen LogP contribution in [0.15, 0.2) is 71.8 Å². The van der Waals surface area contributed by atoms with Crippen molar-refractivity contribution in [3.05, 3.63) is 88.0 Å². The average Bonchev–Trinajstić information content (AvgIpc) is 3.18. The summed E-state index contributed by atoms with van der Waals surface area (Å²) in [4.78, 5) is 3.06. The Bertz CT molecular complexity index is 1340. The highest BCUT2D eigenvalue weighted by molar-refractivity contribution is 7.92. The summed E-state index contributed by atoms with van der Waals surface area (Å²) in [5.74, 6) is 0.569. The van der Waals surface area contributed by atoms with Gasteiger partial charge in [-0.3, -0.25) is 4.72 Å². The van der Waals surface area contributed by atoms with Crippen LogP contribution >= 0.6 is 23.2 Å². The fourth-order valence-corrected chi connectivity index (χ4v) is 4.94. The van der Waals surface area contributed by atoms with Gasteiger partial charge in [0.15, 0.2) is 0 Å². The molecule has 0 unspecified atom stereocenters. The number of nitrogens with two attached hydrogens (primary N) is 1. The summed E-state index contributed by atoms with van der Waals surface area (Å²) >= 11 is 12.3. The van der Waals surface area contributed by atoms with Crippen molar-refractivity contribution in [1.82, 2.24) is 4.98 Å². The average molecular weight is 490 g/mol. The van der Waals surface area contributed by atoms with E-state index in [0.717, 1.165) is 12.0 Å². The van der Waals surface area contributed by atoms with E-state index in [0.29, 0.717) is 45.5 Å². The molecule has 9 heteroatoms. The fraction of sp³-hybridized carbons (Fsp3) is 0.130. The predicted molar refractivity (Wildman–Crippen MR) is 129 cm³/mol. The standard InChI is InChI=1S/C23H21Cl2N3O3S/c24-19-9-10-21(23-22(19)20(25)13-27-23)28-32(29,30)18-7-5-17(6-8-18)31-14-16-3-1-15(2-4-16)11-12-26/h1-10,13,27-28H,11-12,14,26H2. The zero-order chi connectivity index (χ0) is 22.7. The molecule has 0 aliphatic heterocycles. The Balaban J connectivity index is 1.45. The third kappa shape index (κ3) is 4.86. The molecule has 0 radical (unpaired) electrons. The minimum absolute atomic E-state index is 0.108. The molecule has 1 aromatic heterocycles. The molecule has 4 N–H and O–H groups in total. The Hall–Kier alpha value is -2.71. The van der Waals surface area contributed by atoms with Crippen molar-refractivity contribution in [3.8, 4) is 5.75 Å². The van der Waals surface area contributed by atoms with Gasteiger partial charge in [-0.25, -0.2) is 8.42 Å². The minimum atomic E-state index is -3.82. The summed E-state index contributed by atoms with van der Waals surface area (Å²) in [6.45, 7) is 0.991. The van der Waals surface area contributed by atoms with Crippen molar-refractivity contribution in [1.29, 1.82) is 0 Å². The summed E-state index contributed by atoms with van der Waals surface area (Å²) in [6, 6.07) is 17.5. The summed E-state index contributed by atoms with van der Waals surface area (Å²) < 4.78 is 34.1. The van der Waals surface area contributed by atoms with Crippen molar-refractivity contribution >= 4 is 49.8 Å². The lowest BCUT2D eigenvalue weighted by atomic mass is 10.1. The lowest BCUT2D eigenvalue weighted by Gasteiger charge is -2.11. The number of sulfonamides is 1. The van der Waals surface area contributed by atoms with Gasteiger partial charge in [0.25, 0.3) is 10.0 Å². The summed E-state index contributed by atoms with van der Waals surface area (Å²) in [7, 11) is -3.82. The molecule has 6 nitrogen and oxygen atoms in total. The van der Waals surface area contributed by atoms with Crippen LogP contribution in [0, 0.1) is 0 Å². The van der Waals surface area contributed by atoms with Crippen LogP contribution in [0.4, 0.5) is 5.69 Å². The zero-order valence-electron chi connectivity index (χ0n) is 16.9. The predicted octanol–water partition coefficient (Wildman–Crippen LogP) is 5.36. The van der Waals surface area contributed by atoms with Gasteiger partial charge in [-0.15, -0.1) is 0 Å². The number of fused-ring (bicyclic) bond motifs is 1. The Morgan fingerprint density at radius 3 is 2.28 bits per heavy atom. The van der Waals surface area contributed by atoms with E-state index in [1.54, 1.807) is 30.5 Å². The number of benzene rings is 3. The number of aromatic amines is 1. The SMILES string of the molecule is NCCc1ccc(COc2ccc(S(=O)(=O)Nc3ccc(Cl)c4c(Cl)c[nH]c34)cc2)cc1. The molecule has 0 atom stereocenters. The number of H-pyrrole nitrogens is 1. The van der Waals surface area contributed by atoms with E-state index in [-0.39, 0.29) is 4.90 Å². The van der Waals surface area contributed by atoms with Crippen LogP contribution in [0.5, 0.6) is 5.75 Å². The molecule has 0 aliphatic rings. The number of aromatic nitrogens is 1. The van der Waals surface area contributed by atoms with E-state index in [9.17, 15) is 8.42 Å². The monoisotopic (exact) mass is 489 g/mol. The van der Waals surface area contributed by atoms with Crippen LogP contribution in [-0.4, -0.2) is 19.9 Å². The maximum Gasteiger partial charge on any atom is 0.261 e. The van der Waals surface area contributed by atoms with Crippen LogP contribution < -0.4 is 15.2 Å². The second-order valence-corrected chi connectivity index (χ2v) is 9.70. The molecular formula is C23H21Cl2N3O3S. The van der Waals surface area contributed by atoms with Gasteiger partial charge in [0.1, 0.15) is 12.4 Å². The van der Waals surface area contributed by atoms with E-state index < -0.39 is 10.0 Å². The van der Waals surface area contributed by atoms with Crippen LogP contribution in [0.1, 0.15) is 11.1 Å². The molecule has 3 aromatic carbocycles. The maximum absolute atomic E-state index is 12.9. The second kappa shape index (κ2) is 9.42. The van der Waals surface area contributed by atoms with Crippen LogP contribution in [0.25, 0.3) is 10.9 Å². The molecule has 0 saturated carbocycles. The normalized spacial score (nSPS) is 11.6. The van der Waals surface area contributed by atoms with Gasteiger partial charge in [-0.05, 0) is 60.5 Å². The largest absolute Gasteiger partial charge is 0.489 e. The van der Waals surface area contributed by atoms with Gasteiger partial charge in [0, 0.05) is 11.6 Å². The smallest absolute Gasteiger partial charge is 0.261 e. The van der Waals surface area contributed by atoms with Crippen LogP contribution in [0.3, 0.4) is 0 Å². The Morgan fingerprint density at radius 1 is 0.906 bits per heavy atom. The number of anilines is 1. The van der Waals surface area contributed by atoms with E-state index in [1.165, 1.54) is 17.7 Å². The van der Waals surface area contributed by atoms with E-state index in [4.69, 9.17) is 33.7 Å². The van der Waals surface area contributed by atoms with E-state index >= 15 is 0 Å². The number of ether oxygens (including phenoxy) is 1. The van der Waals surface area contributed by atoms with E-state index in [1.807, 2.05) is 24.3 Å². The molecule has 4 rings (SSSR count). The number of hydrogen-bond donors (Lipinski definition) is 3. The Kier molecular flexibility index (Phi) is 6.62. The molecular weight excluding hydrogens is 469 g/mol. The first kappa shape index (κ1) is 22.5. The van der Waals surface area contributed by atoms with E-state index in [2.05, 4.69) is 9.71 Å². The Labute approximate surface area is 196 Å². The van der Waals surface area contributed by atoms with Crippen molar-refractivity contribution in [2.45, 2.75) is 17.9 Å². The molecule has 32 heavy (non-hydrogen) atoms. The quantitative estimate of drug-likeness (QED) is 0.310. The molecule has 0 bridgehead atoms. The van der Waals surface area contributed by atoms with Crippen LogP contribution in [0.2, 0.25) is 10.0 Å².